The maximum atomic E-state index is 3.77. The fourth-order valence-corrected chi connectivity index (χ4v) is 1.02. The van der Waals surface area contributed by atoms with Crippen LogP contribution >= 0.6 is 0 Å². The van der Waals surface area contributed by atoms with Gasteiger partial charge in [-0.2, -0.15) is 10.2 Å². The minimum absolute atomic E-state index is 0.949. The first-order chi connectivity index (χ1) is 4.47. The first kappa shape index (κ1) is 4.88. The van der Waals surface area contributed by atoms with Crippen molar-refractivity contribution in [1.82, 2.24) is 15.5 Å². The lowest BCUT2D eigenvalue weighted by molar-refractivity contribution is 0.764. The number of fused-ring (bicyclic) bond motifs is 1. The molecule has 1 aromatic rings. The molecule has 3 nitrogen and oxygen atoms in total. The van der Waals surface area contributed by atoms with Gasteiger partial charge in [-0.3, -0.25) is 0 Å². The summed E-state index contributed by atoms with van der Waals surface area (Å²) in [5.74, 6) is 0. The molecule has 9 heavy (non-hydrogen) atoms. The molecule has 0 atom stereocenters. The molecule has 0 unspecified atom stereocenters. The Hall–Kier alpha value is -0.960. The van der Waals surface area contributed by atoms with Crippen LogP contribution in [0.1, 0.15) is 11.1 Å². The maximum Gasteiger partial charge on any atom is 0.0544 e. The van der Waals surface area contributed by atoms with Gasteiger partial charge in [0.05, 0.1) is 12.4 Å². The second kappa shape index (κ2) is 1.77. The van der Waals surface area contributed by atoms with E-state index in [9.17, 15) is 0 Å². The van der Waals surface area contributed by atoms with Crippen LogP contribution in [0.15, 0.2) is 12.4 Å². The van der Waals surface area contributed by atoms with Crippen molar-refractivity contribution >= 4 is 0 Å². The summed E-state index contributed by atoms with van der Waals surface area (Å²) in [5.41, 5.74) is 2.56. The molecule has 1 N–H and O–H groups in total. The molecule has 0 aromatic carbocycles. The van der Waals surface area contributed by atoms with Crippen LogP contribution in [0.4, 0.5) is 0 Å². The van der Waals surface area contributed by atoms with Crippen molar-refractivity contribution in [1.29, 1.82) is 0 Å². The molecule has 0 fully saturated rings. The van der Waals surface area contributed by atoms with Crippen molar-refractivity contribution in [3.05, 3.63) is 23.5 Å². The monoisotopic (exact) mass is 121 g/mol. The molecule has 2 heterocycles. The summed E-state index contributed by atoms with van der Waals surface area (Å²) in [7, 11) is 0. The van der Waals surface area contributed by atoms with Gasteiger partial charge in [-0.05, 0) is 11.1 Å². The van der Waals surface area contributed by atoms with Gasteiger partial charge in [0.25, 0.3) is 0 Å². The van der Waals surface area contributed by atoms with Gasteiger partial charge in [-0.25, -0.2) is 0 Å². The van der Waals surface area contributed by atoms with Gasteiger partial charge in [0, 0.05) is 13.1 Å². The van der Waals surface area contributed by atoms with E-state index in [1.165, 1.54) is 11.1 Å². The summed E-state index contributed by atoms with van der Waals surface area (Å²) in [6, 6.07) is 0. The van der Waals surface area contributed by atoms with Crippen molar-refractivity contribution in [2.75, 3.05) is 0 Å². The molecular weight excluding hydrogens is 114 g/mol. The van der Waals surface area contributed by atoms with Gasteiger partial charge in [0.1, 0.15) is 0 Å². The molecule has 0 spiro atoms. The number of aromatic nitrogens is 2. The summed E-state index contributed by atoms with van der Waals surface area (Å²) < 4.78 is 0. The number of nitrogens with one attached hydrogen (secondary N) is 1. The molecule has 0 saturated heterocycles. The highest BCUT2D eigenvalue weighted by Gasteiger charge is 2.07. The van der Waals surface area contributed by atoms with Crippen molar-refractivity contribution in [3.63, 3.8) is 0 Å². The minimum atomic E-state index is 0.949. The summed E-state index contributed by atoms with van der Waals surface area (Å²) >= 11 is 0. The van der Waals surface area contributed by atoms with Gasteiger partial charge in [-0.15, -0.1) is 0 Å². The number of hydrogen-bond donors (Lipinski definition) is 1. The van der Waals surface area contributed by atoms with Crippen LogP contribution < -0.4 is 5.32 Å². The van der Waals surface area contributed by atoms with Crippen LogP contribution in [0, 0.1) is 0 Å². The third-order valence-electron chi connectivity index (χ3n) is 1.54. The smallest absolute Gasteiger partial charge is 0.0544 e. The lowest BCUT2D eigenvalue weighted by Crippen LogP contribution is -1.99. The first-order valence-corrected chi connectivity index (χ1v) is 2.96. The molecule has 0 amide bonds. The lowest BCUT2D eigenvalue weighted by atomic mass is 10.2. The zero-order chi connectivity index (χ0) is 6.10. The van der Waals surface area contributed by atoms with E-state index in [4.69, 9.17) is 0 Å². The van der Waals surface area contributed by atoms with Crippen LogP contribution in [0.2, 0.25) is 0 Å². The quantitative estimate of drug-likeness (QED) is 0.528. The highest BCUT2D eigenvalue weighted by molar-refractivity contribution is 5.23. The third kappa shape index (κ3) is 0.695. The third-order valence-corrected chi connectivity index (χ3v) is 1.54. The average Bonchev–Trinajstić information content (AvgIpc) is 2.33. The van der Waals surface area contributed by atoms with Gasteiger partial charge in [0.15, 0.2) is 0 Å². The van der Waals surface area contributed by atoms with Gasteiger partial charge >= 0.3 is 0 Å². The van der Waals surface area contributed by atoms with E-state index >= 15 is 0 Å². The Kier molecular flexibility index (Phi) is 0.960. The second-order valence-corrected chi connectivity index (χ2v) is 2.14. The molecule has 2 rings (SSSR count). The fourth-order valence-electron chi connectivity index (χ4n) is 1.02. The SMILES string of the molecule is c1nncc2c1CNC2. The van der Waals surface area contributed by atoms with E-state index < -0.39 is 0 Å². The second-order valence-electron chi connectivity index (χ2n) is 2.14. The largest absolute Gasteiger partial charge is 0.308 e. The summed E-state index contributed by atoms with van der Waals surface area (Å²) in [5, 5.41) is 10.7. The summed E-state index contributed by atoms with van der Waals surface area (Å²) in [6.45, 7) is 1.90. The average molecular weight is 121 g/mol. The Morgan fingerprint density at radius 2 is 1.67 bits per heavy atom. The number of rotatable bonds is 0. The highest BCUT2D eigenvalue weighted by Crippen LogP contribution is 2.10. The predicted molar refractivity (Wildman–Crippen MR) is 32.6 cm³/mol. The van der Waals surface area contributed by atoms with Crippen molar-refractivity contribution in [2.24, 2.45) is 0 Å². The topological polar surface area (TPSA) is 37.8 Å². The Balaban J connectivity index is 2.54. The maximum absolute atomic E-state index is 3.77. The fraction of sp³-hybridized carbons (Fsp3) is 0.333. The first-order valence-electron chi connectivity index (χ1n) is 2.96. The van der Waals surface area contributed by atoms with Gasteiger partial charge < -0.3 is 5.32 Å². The minimum Gasteiger partial charge on any atom is -0.308 e. The van der Waals surface area contributed by atoms with Crippen molar-refractivity contribution in [3.8, 4) is 0 Å². The zero-order valence-electron chi connectivity index (χ0n) is 4.96. The molecule has 1 aliphatic rings. The molecular formula is C6H7N3. The van der Waals surface area contributed by atoms with Gasteiger partial charge in [-0.1, -0.05) is 0 Å². The van der Waals surface area contributed by atoms with Crippen LogP contribution in [-0.4, -0.2) is 10.2 Å². The van der Waals surface area contributed by atoms with E-state index in [2.05, 4.69) is 15.5 Å². The predicted octanol–water partition coefficient (Wildman–Crippen LogP) is 0.0798. The lowest BCUT2D eigenvalue weighted by Gasteiger charge is -1.89. The van der Waals surface area contributed by atoms with E-state index in [0.717, 1.165) is 13.1 Å². The Labute approximate surface area is 53.1 Å². The Morgan fingerprint density at radius 1 is 1.11 bits per heavy atom. The van der Waals surface area contributed by atoms with Crippen molar-refractivity contribution in [2.45, 2.75) is 13.1 Å². The van der Waals surface area contributed by atoms with Crippen LogP contribution in [-0.2, 0) is 13.1 Å². The molecule has 0 radical (unpaired) electrons. The highest BCUT2D eigenvalue weighted by atomic mass is 15.1. The Bertz CT molecular complexity index is 198. The van der Waals surface area contributed by atoms with Crippen LogP contribution in [0.25, 0.3) is 0 Å². The molecule has 1 aliphatic heterocycles. The standard InChI is InChI=1S/C6H7N3/c1-5-3-8-9-4-6(5)2-7-1/h3-4,7H,1-2H2. The molecule has 46 valence electrons. The van der Waals surface area contributed by atoms with Crippen molar-refractivity contribution < 1.29 is 0 Å². The van der Waals surface area contributed by atoms with E-state index in [1.54, 1.807) is 0 Å². The summed E-state index contributed by atoms with van der Waals surface area (Å²) in [6.07, 6.45) is 3.63. The summed E-state index contributed by atoms with van der Waals surface area (Å²) in [4.78, 5) is 0. The molecule has 3 heteroatoms. The van der Waals surface area contributed by atoms with E-state index in [1.807, 2.05) is 12.4 Å². The van der Waals surface area contributed by atoms with E-state index in [-0.39, 0.29) is 0 Å². The van der Waals surface area contributed by atoms with Crippen LogP contribution in [0.5, 0.6) is 0 Å². The Morgan fingerprint density at radius 3 is 2.22 bits per heavy atom. The number of nitrogens with zero attached hydrogens (tertiary/aromatic N) is 2. The number of hydrogen-bond acceptors (Lipinski definition) is 3. The normalized spacial score (nSPS) is 15.6. The zero-order valence-corrected chi connectivity index (χ0v) is 4.96. The van der Waals surface area contributed by atoms with E-state index in [0.29, 0.717) is 0 Å². The molecule has 0 aliphatic carbocycles. The van der Waals surface area contributed by atoms with Gasteiger partial charge in [0.2, 0.25) is 0 Å². The van der Waals surface area contributed by atoms with Crippen LogP contribution in [0.3, 0.4) is 0 Å². The molecule has 0 bridgehead atoms. The molecule has 0 saturated carbocycles. The molecule has 1 aromatic heterocycles.